The summed E-state index contributed by atoms with van der Waals surface area (Å²) in [5.41, 5.74) is 0. The van der Waals surface area contributed by atoms with E-state index in [4.69, 9.17) is 0 Å². The Bertz CT molecular complexity index is 773. The lowest BCUT2D eigenvalue weighted by Gasteiger charge is -2.24. The minimum absolute atomic E-state index is 0.285. The van der Waals surface area contributed by atoms with Gasteiger partial charge >= 0.3 is 0 Å². The van der Waals surface area contributed by atoms with Crippen molar-refractivity contribution in [3.63, 3.8) is 0 Å². The number of carbonyl (C=O) groups is 1. The highest BCUT2D eigenvalue weighted by Crippen LogP contribution is 2.15. The highest BCUT2D eigenvalue weighted by atomic mass is 32.2. The van der Waals surface area contributed by atoms with Crippen molar-refractivity contribution in [3.05, 3.63) is 12.2 Å². The Kier molecular flexibility index (Phi) is 30.0. The van der Waals surface area contributed by atoms with E-state index in [1.54, 1.807) is 0 Å². The van der Waals surface area contributed by atoms with Crippen molar-refractivity contribution < 1.29 is 28.0 Å². The summed E-state index contributed by atoms with van der Waals surface area (Å²) in [4.78, 5) is 12.5. The fraction of sp³-hybridized carbons (Fsp3) is 0.917. The molecule has 8 heteroatoms. The lowest BCUT2D eigenvalue weighted by atomic mass is 10.0. The normalized spacial score (nSPS) is 14.2. The summed E-state index contributed by atoms with van der Waals surface area (Å²) >= 11 is 0. The Balaban J connectivity index is 4.06. The van der Waals surface area contributed by atoms with Crippen LogP contribution < -0.4 is 5.32 Å². The molecule has 0 saturated carbocycles. The quantitative estimate of drug-likeness (QED) is 0.0320. The summed E-state index contributed by atoms with van der Waals surface area (Å²) in [6.45, 7) is 4.48. The van der Waals surface area contributed by atoms with Crippen LogP contribution in [0.4, 0.5) is 0 Å². The van der Waals surface area contributed by atoms with E-state index < -0.39 is 40.0 Å². The zero-order valence-electron chi connectivity index (χ0n) is 28.7. The molecule has 0 aromatic rings. The maximum atomic E-state index is 12.5. The van der Waals surface area contributed by atoms with Gasteiger partial charge in [0.1, 0.15) is 6.10 Å². The van der Waals surface area contributed by atoms with Crippen molar-refractivity contribution in [3.8, 4) is 0 Å². The molecule has 0 fully saturated rings. The van der Waals surface area contributed by atoms with Gasteiger partial charge in [0.15, 0.2) is 0 Å². The van der Waals surface area contributed by atoms with Crippen molar-refractivity contribution in [1.29, 1.82) is 0 Å². The highest BCUT2D eigenvalue weighted by Gasteiger charge is 2.28. The van der Waals surface area contributed by atoms with E-state index in [0.717, 1.165) is 51.4 Å². The van der Waals surface area contributed by atoms with Gasteiger partial charge in [0.05, 0.1) is 17.9 Å². The van der Waals surface area contributed by atoms with Gasteiger partial charge in [-0.05, 0) is 38.5 Å². The van der Waals surface area contributed by atoms with Crippen LogP contribution in [0.25, 0.3) is 0 Å². The molecule has 0 radical (unpaired) electrons. The van der Waals surface area contributed by atoms with Crippen LogP contribution in [0.2, 0.25) is 0 Å². The van der Waals surface area contributed by atoms with Crippen LogP contribution in [0.1, 0.15) is 187 Å². The smallest absolute Gasteiger partial charge is 0.266 e. The van der Waals surface area contributed by atoms with Crippen LogP contribution in [-0.2, 0) is 14.9 Å². The molecule has 3 unspecified atom stereocenters. The standard InChI is InChI=1S/C36H71NO6S/c1-3-5-7-9-11-13-15-17-18-19-21-23-25-27-29-31-35(39)36(40)37-33(32-44(41,42)43)34(38)30-28-26-24-22-20-16-14-12-10-8-6-4-2/h18-19,33-35,38-39H,3-17,20-32H2,1-2H3,(H,37,40)(H,41,42,43)/b19-18-. The number of unbranched alkanes of at least 4 members (excludes halogenated alkanes) is 22. The van der Waals surface area contributed by atoms with Crippen LogP contribution in [0.15, 0.2) is 12.2 Å². The first-order valence-corrected chi connectivity index (χ1v) is 20.1. The van der Waals surface area contributed by atoms with Crippen molar-refractivity contribution in [2.24, 2.45) is 0 Å². The molecule has 0 heterocycles. The van der Waals surface area contributed by atoms with Gasteiger partial charge in [0.25, 0.3) is 10.1 Å². The predicted octanol–water partition coefficient (Wildman–Crippen LogP) is 9.21. The predicted molar refractivity (Wildman–Crippen MR) is 186 cm³/mol. The zero-order valence-corrected chi connectivity index (χ0v) is 29.5. The SMILES string of the molecule is CCCCCCCCC/C=C\CCCCCCC(O)C(=O)NC(CS(=O)(=O)O)C(O)CCCCCCCCCCCCCC. The Morgan fingerprint density at radius 2 is 0.955 bits per heavy atom. The number of aliphatic hydroxyl groups excluding tert-OH is 2. The van der Waals surface area contributed by atoms with E-state index in [-0.39, 0.29) is 6.42 Å². The molecule has 7 nitrogen and oxygen atoms in total. The maximum Gasteiger partial charge on any atom is 0.266 e. The summed E-state index contributed by atoms with van der Waals surface area (Å²) in [5, 5.41) is 23.4. The number of aliphatic hydroxyl groups is 2. The largest absolute Gasteiger partial charge is 0.391 e. The van der Waals surface area contributed by atoms with E-state index in [2.05, 4.69) is 31.3 Å². The molecule has 0 aromatic heterocycles. The van der Waals surface area contributed by atoms with Crippen molar-refractivity contribution in [1.82, 2.24) is 5.32 Å². The van der Waals surface area contributed by atoms with Crippen LogP contribution in [0.5, 0.6) is 0 Å². The second-order valence-electron chi connectivity index (χ2n) is 13.0. The second kappa shape index (κ2) is 30.7. The first kappa shape index (κ1) is 43.0. The number of allylic oxidation sites excluding steroid dienone is 2. The van der Waals surface area contributed by atoms with Gasteiger partial charge in [-0.3, -0.25) is 9.35 Å². The fourth-order valence-corrected chi connectivity index (χ4v) is 6.45. The average molecular weight is 646 g/mol. The van der Waals surface area contributed by atoms with Crippen LogP contribution >= 0.6 is 0 Å². The molecule has 0 aromatic carbocycles. The van der Waals surface area contributed by atoms with Gasteiger partial charge < -0.3 is 15.5 Å². The molecule has 1 amide bonds. The second-order valence-corrected chi connectivity index (χ2v) is 14.5. The first-order chi connectivity index (χ1) is 21.2. The minimum Gasteiger partial charge on any atom is -0.391 e. The number of rotatable bonds is 33. The summed E-state index contributed by atoms with van der Waals surface area (Å²) in [7, 11) is -4.40. The van der Waals surface area contributed by atoms with Gasteiger partial charge in [-0.15, -0.1) is 0 Å². The molecule has 0 aliphatic carbocycles. The van der Waals surface area contributed by atoms with Gasteiger partial charge in [-0.25, -0.2) is 0 Å². The molecule has 0 aliphatic rings. The molecular weight excluding hydrogens is 574 g/mol. The van der Waals surface area contributed by atoms with Crippen LogP contribution in [-0.4, -0.2) is 53.1 Å². The topological polar surface area (TPSA) is 124 Å². The van der Waals surface area contributed by atoms with E-state index in [1.807, 2.05) is 0 Å². The zero-order chi connectivity index (χ0) is 32.7. The number of nitrogens with one attached hydrogen (secondary N) is 1. The Labute approximate surface area is 272 Å². The van der Waals surface area contributed by atoms with Crippen molar-refractivity contribution >= 4 is 16.0 Å². The molecular formula is C36H71NO6S. The molecule has 3 atom stereocenters. The van der Waals surface area contributed by atoms with Gasteiger partial charge in [0.2, 0.25) is 5.91 Å². The molecule has 0 aliphatic heterocycles. The average Bonchev–Trinajstić information content (AvgIpc) is 2.98. The Morgan fingerprint density at radius 1 is 0.591 bits per heavy atom. The van der Waals surface area contributed by atoms with Gasteiger partial charge in [-0.1, -0.05) is 161 Å². The molecule has 0 rings (SSSR count). The van der Waals surface area contributed by atoms with E-state index >= 15 is 0 Å². The maximum absolute atomic E-state index is 12.5. The fourth-order valence-electron chi connectivity index (χ4n) is 5.69. The molecule has 0 spiro atoms. The third-order valence-electron chi connectivity index (χ3n) is 8.58. The lowest BCUT2D eigenvalue weighted by molar-refractivity contribution is -0.131. The monoisotopic (exact) mass is 646 g/mol. The lowest BCUT2D eigenvalue weighted by Crippen LogP contribution is -2.50. The summed E-state index contributed by atoms with van der Waals surface area (Å²) in [6.07, 6.45) is 32.3. The third kappa shape index (κ3) is 29.7. The first-order valence-electron chi connectivity index (χ1n) is 18.5. The van der Waals surface area contributed by atoms with Gasteiger partial charge in [-0.2, -0.15) is 8.42 Å². The molecule has 262 valence electrons. The molecule has 0 bridgehead atoms. The van der Waals surface area contributed by atoms with Gasteiger partial charge in [0, 0.05) is 0 Å². The summed E-state index contributed by atoms with van der Waals surface area (Å²) in [6, 6.07) is -1.15. The number of hydrogen-bond acceptors (Lipinski definition) is 5. The number of carbonyl (C=O) groups excluding carboxylic acids is 1. The van der Waals surface area contributed by atoms with Crippen molar-refractivity contribution in [2.45, 2.75) is 205 Å². The molecule has 44 heavy (non-hydrogen) atoms. The third-order valence-corrected chi connectivity index (χ3v) is 9.36. The van der Waals surface area contributed by atoms with E-state index in [0.29, 0.717) is 19.3 Å². The number of hydrogen-bond donors (Lipinski definition) is 4. The van der Waals surface area contributed by atoms with Crippen molar-refractivity contribution in [2.75, 3.05) is 5.75 Å². The van der Waals surface area contributed by atoms with E-state index in [9.17, 15) is 28.0 Å². The minimum atomic E-state index is -4.40. The van der Waals surface area contributed by atoms with E-state index in [1.165, 1.54) is 96.3 Å². The Morgan fingerprint density at radius 3 is 1.36 bits per heavy atom. The molecule has 0 saturated heterocycles. The number of amides is 1. The van der Waals surface area contributed by atoms with Crippen LogP contribution in [0, 0.1) is 0 Å². The Hall–Kier alpha value is -0.960. The summed E-state index contributed by atoms with van der Waals surface area (Å²) < 4.78 is 32.4. The molecule has 4 N–H and O–H groups in total. The van der Waals surface area contributed by atoms with Crippen LogP contribution in [0.3, 0.4) is 0 Å². The highest BCUT2D eigenvalue weighted by molar-refractivity contribution is 7.85. The summed E-state index contributed by atoms with van der Waals surface area (Å²) in [5.74, 6) is -1.46.